The van der Waals surface area contributed by atoms with Crippen LogP contribution in [0.4, 0.5) is 0 Å². The first-order valence-corrected chi connectivity index (χ1v) is 7.71. The quantitative estimate of drug-likeness (QED) is 0.730. The molecule has 5 nitrogen and oxygen atoms in total. The molecule has 0 amide bonds. The topological polar surface area (TPSA) is 48.9 Å². The first-order valence-electron chi connectivity index (χ1n) is 7.71. The van der Waals surface area contributed by atoms with Crippen molar-refractivity contribution in [3.05, 3.63) is 56.9 Å². The van der Waals surface area contributed by atoms with Crippen molar-refractivity contribution in [1.29, 1.82) is 0 Å². The molecule has 0 saturated heterocycles. The van der Waals surface area contributed by atoms with Gasteiger partial charge in [-0.2, -0.15) is 0 Å². The Morgan fingerprint density at radius 1 is 1.00 bits per heavy atom. The van der Waals surface area contributed by atoms with Crippen LogP contribution in [0.15, 0.2) is 40.1 Å². The second-order valence-electron chi connectivity index (χ2n) is 6.26. The summed E-state index contributed by atoms with van der Waals surface area (Å²) in [5.74, 6) is 0. The van der Waals surface area contributed by atoms with Crippen LogP contribution in [0, 0.1) is 6.92 Å². The van der Waals surface area contributed by atoms with Gasteiger partial charge >= 0.3 is 5.69 Å². The molecule has 2 heterocycles. The van der Waals surface area contributed by atoms with Crippen LogP contribution in [0.5, 0.6) is 0 Å². The third-order valence-corrected chi connectivity index (χ3v) is 4.42. The van der Waals surface area contributed by atoms with E-state index in [-0.39, 0.29) is 17.3 Å². The van der Waals surface area contributed by atoms with Crippen molar-refractivity contribution in [1.82, 2.24) is 13.7 Å². The van der Waals surface area contributed by atoms with Crippen molar-refractivity contribution >= 4 is 10.9 Å². The number of benzene rings is 1. The molecule has 0 bridgehead atoms. The van der Waals surface area contributed by atoms with Crippen molar-refractivity contribution in [2.24, 2.45) is 14.1 Å². The Kier molecular flexibility index (Phi) is 3.51. The van der Waals surface area contributed by atoms with Gasteiger partial charge in [0.15, 0.2) is 0 Å². The number of nitrogens with zero attached hydrogens (tertiary/aromatic N) is 3. The Bertz CT molecular complexity index is 1020. The molecule has 5 heteroatoms. The van der Waals surface area contributed by atoms with Crippen LogP contribution in [0.2, 0.25) is 0 Å². The molecule has 0 aliphatic heterocycles. The van der Waals surface area contributed by atoms with Gasteiger partial charge in [0.1, 0.15) is 0 Å². The summed E-state index contributed by atoms with van der Waals surface area (Å²) in [6.45, 7) is 6.18. The number of fused-ring (bicyclic) bond motifs is 1. The summed E-state index contributed by atoms with van der Waals surface area (Å²) in [6.07, 6.45) is 1.91. The Morgan fingerprint density at radius 3 is 2.26 bits per heavy atom. The normalized spacial score (nSPS) is 11.6. The van der Waals surface area contributed by atoms with Crippen LogP contribution in [-0.2, 0) is 14.1 Å². The lowest BCUT2D eigenvalue weighted by Crippen LogP contribution is -2.36. The van der Waals surface area contributed by atoms with Gasteiger partial charge in [-0.3, -0.25) is 13.9 Å². The van der Waals surface area contributed by atoms with E-state index in [1.165, 1.54) is 16.2 Å². The van der Waals surface area contributed by atoms with E-state index >= 15 is 0 Å². The second kappa shape index (κ2) is 5.26. The van der Waals surface area contributed by atoms with Gasteiger partial charge in [-0.1, -0.05) is 24.3 Å². The summed E-state index contributed by atoms with van der Waals surface area (Å²) in [4.78, 5) is 25.0. The fourth-order valence-corrected chi connectivity index (χ4v) is 3.08. The molecule has 0 unspecified atom stereocenters. The van der Waals surface area contributed by atoms with E-state index in [0.29, 0.717) is 10.9 Å². The predicted octanol–water partition coefficient (Wildman–Crippen LogP) is 2.60. The van der Waals surface area contributed by atoms with Crippen LogP contribution >= 0.6 is 0 Å². The molecule has 2 aromatic heterocycles. The molecule has 0 aliphatic carbocycles. The minimum atomic E-state index is -0.306. The van der Waals surface area contributed by atoms with Gasteiger partial charge in [-0.15, -0.1) is 0 Å². The molecular formula is C18H21N3O2. The molecule has 0 saturated carbocycles. The Balaban J connectivity index is 2.60. The van der Waals surface area contributed by atoms with Gasteiger partial charge in [0.25, 0.3) is 5.56 Å². The fraction of sp³-hybridized carbons (Fsp3) is 0.333. The number of hydrogen-bond donors (Lipinski definition) is 0. The summed E-state index contributed by atoms with van der Waals surface area (Å²) in [6, 6.07) is 8.19. The van der Waals surface area contributed by atoms with Crippen molar-refractivity contribution < 1.29 is 0 Å². The molecule has 1 aromatic carbocycles. The lowest BCUT2D eigenvalue weighted by molar-refractivity contribution is 0.610. The standard InChI is InChI=1S/C18H21N3O2/c1-11(2)21-10-14-15(17(22)20(5)18(23)19(14)4)16(21)13-9-7-6-8-12(13)3/h6-11H,1-5H3. The summed E-state index contributed by atoms with van der Waals surface area (Å²) < 4.78 is 4.79. The van der Waals surface area contributed by atoms with Gasteiger partial charge in [0, 0.05) is 31.9 Å². The lowest BCUT2D eigenvalue weighted by Gasteiger charge is -2.14. The minimum Gasteiger partial charge on any atom is -0.342 e. The van der Waals surface area contributed by atoms with E-state index in [9.17, 15) is 9.59 Å². The summed E-state index contributed by atoms with van der Waals surface area (Å²) in [5.41, 5.74) is 3.12. The zero-order valence-corrected chi connectivity index (χ0v) is 14.1. The maximum absolute atomic E-state index is 12.8. The molecule has 0 spiro atoms. The molecular weight excluding hydrogens is 290 g/mol. The maximum Gasteiger partial charge on any atom is 0.330 e. The largest absolute Gasteiger partial charge is 0.342 e. The van der Waals surface area contributed by atoms with E-state index in [0.717, 1.165) is 16.8 Å². The fourth-order valence-electron chi connectivity index (χ4n) is 3.08. The zero-order valence-electron chi connectivity index (χ0n) is 14.1. The highest BCUT2D eigenvalue weighted by Crippen LogP contribution is 2.32. The SMILES string of the molecule is Cc1ccccc1-c1c2c(=O)n(C)c(=O)n(C)c2cn1C(C)C. The highest BCUT2D eigenvalue weighted by atomic mass is 16.2. The summed E-state index contributed by atoms with van der Waals surface area (Å²) >= 11 is 0. The third-order valence-electron chi connectivity index (χ3n) is 4.42. The maximum atomic E-state index is 12.8. The molecule has 0 N–H and O–H groups in total. The smallest absolute Gasteiger partial charge is 0.330 e. The van der Waals surface area contributed by atoms with Crippen LogP contribution in [0.3, 0.4) is 0 Å². The van der Waals surface area contributed by atoms with Crippen molar-refractivity contribution in [3.63, 3.8) is 0 Å². The van der Waals surface area contributed by atoms with E-state index in [4.69, 9.17) is 0 Å². The zero-order chi connectivity index (χ0) is 16.9. The van der Waals surface area contributed by atoms with Gasteiger partial charge < -0.3 is 4.57 Å². The Hall–Kier alpha value is -2.56. The monoisotopic (exact) mass is 311 g/mol. The Labute approximate surface area is 134 Å². The minimum absolute atomic E-state index is 0.178. The molecule has 0 atom stereocenters. The predicted molar refractivity (Wildman–Crippen MR) is 93.0 cm³/mol. The van der Waals surface area contributed by atoms with Crippen LogP contribution < -0.4 is 11.2 Å². The van der Waals surface area contributed by atoms with Crippen LogP contribution in [0.25, 0.3) is 22.2 Å². The van der Waals surface area contributed by atoms with Gasteiger partial charge in [0.05, 0.1) is 16.6 Å². The van der Waals surface area contributed by atoms with E-state index in [1.807, 2.05) is 37.4 Å². The summed E-state index contributed by atoms with van der Waals surface area (Å²) in [5, 5.41) is 0.595. The molecule has 3 rings (SSSR count). The lowest BCUT2D eigenvalue weighted by atomic mass is 10.0. The number of rotatable bonds is 2. The van der Waals surface area contributed by atoms with Crippen LogP contribution in [-0.4, -0.2) is 13.7 Å². The van der Waals surface area contributed by atoms with Crippen LogP contribution in [0.1, 0.15) is 25.5 Å². The second-order valence-corrected chi connectivity index (χ2v) is 6.26. The van der Waals surface area contributed by atoms with Gasteiger partial charge in [-0.25, -0.2) is 4.79 Å². The highest BCUT2D eigenvalue weighted by molar-refractivity contribution is 5.94. The molecule has 120 valence electrons. The van der Waals surface area contributed by atoms with Gasteiger partial charge in [-0.05, 0) is 26.3 Å². The molecule has 0 aliphatic rings. The number of aromatic nitrogens is 3. The van der Waals surface area contributed by atoms with E-state index < -0.39 is 0 Å². The number of hydrogen-bond acceptors (Lipinski definition) is 2. The molecule has 23 heavy (non-hydrogen) atoms. The average molecular weight is 311 g/mol. The first kappa shape index (κ1) is 15.3. The van der Waals surface area contributed by atoms with Crippen molar-refractivity contribution in [2.45, 2.75) is 26.8 Å². The van der Waals surface area contributed by atoms with E-state index in [1.54, 1.807) is 7.05 Å². The van der Waals surface area contributed by atoms with E-state index in [2.05, 4.69) is 18.4 Å². The summed E-state index contributed by atoms with van der Waals surface area (Å²) in [7, 11) is 3.23. The average Bonchev–Trinajstić information content (AvgIpc) is 2.92. The van der Waals surface area contributed by atoms with Crippen molar-refractivity contribution in [3.8, 4) is 11.3 Å². The first-order chi connectivity index (χ1) is 10.8. The third kappa shape index (κ3) is 2.15. The highest BCUT2D eigenvalue weighted by Gasteiger charge is 2.21. The number of aryl methyl sites for hydroxylation is 2. The Morgan fingerprint density at radius 2 is 1.65 bits per heavy atom. The molecule has 0 radical (unpaired) electrons. The van der Waals surface area contributed by atoms with Crippen molar-refractivity contribution in [2.75, 3.05) is 0 Å². The van der Waals surface area contributed by atoms with Gasteiger partial charge in [0.2, 0.25) is 0 Å². The molecule has 3 aromatic rings. The molecule has 0 fully saturated rings.